The van der Waals surface area contributed by atoms with Crippen molar-refractivity contribution < 1.29 is 0 Å². The molecule has 0 heteroatoms. The molecule has 0 aliphatic rings. The van der Waals surface area contributed by atoms with Crippen LogP contribution < -0.4 is 0 Å². The fourth-order valence-corrected chi connectivity index (χ4v) is 8.34. The third-order valence-corrected chi connectivity index (χ3v) is 10.9. The molecule has 0 nitrogen and oxygen atoms in total. The third-order valence-electron chi connectivity index (χ3n) is 10.9. The predicted molar refractivity (Wildman–Crippen MR) is 232 cm³/mol. The minimum Gasteiger partial charge on any atom is -0.0622 e. The van der Waals surface area contributed by atoms with Crippen molar-refractivity contribution in [1.82, 2.24) is 0 Å². The summed E-state index contributed by atoms with van der Waals surface area (Å²) in [6, 6.07) is 79.8. The first-order valence-corrected chi connectivity index (χ1v) is 18.7. The summed E-state index contributed by atoms with van der Waals surface area (Å²) in [6.45, 7) is 0. The van der Waals surface area contributed by atoms with Crippen molar-refractivity contribution in [2.24, 2.45) is 0 Å². The van der Waals surface area contributed by atoms with Crippen LogP contribution in [0.25, 0.3) is 99.1 Å². The lowest BCUT2D eigenvalue weighted by molar-refractivity contribution is 1.58. The zero-order valence-electron chi connectivity index (χ0n) is 29.8. The summed E-state index contributed by atoms with van der Waals surface area (Å²) in [5, 5.41) is 7.51. The van der Waals surface area contributed by atoms with Crippen LogP contribution in [0.2, 0.25) is 0 Å². The zero-order valence-corrected chi connectivity index (χ0v) is 29.8. The highest BCUT2D eigenvalue weighted by molar-refractivity contribution is 6.22. The van der Waals surface area contributed by atoms with Gasteiger partial charge >= 0.3 is 0 Å². The van der Waals surface area contributed by atoms with Crippen molar-refractivity contribution >= 4 is 32.3 Å². The topological polar surface area (TPSA) is 0 Å². The van der Waals surface area contributed by atoms with E-state index < -0.39 is 0 Å². The summed E-state index contributed by atoms with van der Waals surface area (Å²) in [6.07, 6.45) is 0. The van der Waals surface area contributed by atoms with E-state index in [1.165, 1.54) is 99.1 Å². The maximum absolute atomic E-state index is 2.44. The smallest absolute Gasteiger partial charge is 0.00261 e. The molecule has 0 spiro atoms. The van der Waals surface area contributed by atoms with Gasteiger partial charge in [-0.15, -0.1) is 0 Å². The lowest BCUT2D eigenvalue weighted by Gasteiger charge is -2.19. The summed E-state index contributed by atoms with van der Waals surface area (Å²) in [5.74, 6) is 0. The van der Waals surface area contributed by atoms with Crippen LogP contribution in [0.4, 0.5) is 0 Å². The number of rotatable bonds is 6. The molecule has 252 valence electrons. The van der Waals surface area contributed by atoms with Gasteiger partial charge in [-0.1, -0.05) is 206 Å². The van der Waals surface area contributed by atoms with Crippen molar-refractivity contribution in [3.05, 3.63) is 218 Å². The maximum Gasteiger partial charge on any atom is -0.00261 e. The molecule has 0 heterocycles. The Labute approximate surface area is 316 Å². The molecule has 0 radical (unpaired) electrons. The molecule has 0 N–H and O–H groups in total. The maximum atomic E-state index is 2.44. The molecule has 10 aromatic rings. The van der Waals surface area contributed by atoms with Crippen LogP contribution in [0.3, 0.4) is 0 Å². The largest absolute Gasteiger partial charge is 0.0622 e. The Bertz CT molecular complexity index is 2880. The highest BCUT2D eigenvalue weighted by atomic mass is 14.2. The van der Waals surface area contributed by atoms with Crippen molar-refractivity contribution in [3.63, 3.8) is 0 Å². The van der Waals surface area contributed by atoms with Gasteiger partial charge in [0.15, 0.2) is 0 Å². The van der Waals surface area contributed by atoms with Crippen molar-refractivity contribution in [2.75, 3.05) is 0 Å². The Hall–Kier alpha value is -7.02. The van der Waals surface area contributed by atoms with E-state index in [9.17, 15) is 0 Å². The highest BCUT2D eigenvalue weighted by Crippen LogP contribution is 2.46. The molecule has 54 heavy (non-hydrogen) atoms. The first-order chi connectivity index (χ1) is 26.8. The van der Waals surface area contributed by atoms with E-state index in [0.29, 0.717) is 0 Å². The van der Waals surface area contributed by atoms with Crippen LogP contribution in [0.5, 0.6) is 0 Å². The molecule has 0 atom stereocenters. The molecule has 10 rings (SSSR count). The molecular formula is C54H36. The molecule has 0 bridgehead atoms. The Kier molecular flexibility index (Phi) is 7.93. The number of hydrogen-bond donors (Lipinski definition) is 0. The Balaban J connectivity index is 1.24. The van der Waals surface area contributed by atoms with Gasteiger partial charge in [0.2, 0.25) is 0 Å². The van der Waals surface area contributed by atoms with Crippen LogP contribution in [0.15, 0.2) is 218 Å². The summed E-state index contributed by atoms with van der Waals surface area (Å²) in [5.41, 5.74) is 14.7. The summed E-state index contributed by atoms with van der Waals surface area (Å²) in [4.78, 5) is 0. The molecule has 0 saturated carbocycles. The molecule has 0 aliphatic heterocycles. The lowest BCUT2D eigenvalue weighted by atomic mass is 9.84. The second-order valence-electron chi connectivity index (χ2n) is 14.0. The van der Waals surface area contributed by atoms with Crippen LogP contribution in [0, 0.1) is 0 Å². The van der Waals surface area contributed by atoms with Crippen molar-refractivity contribution in [1.29, 1.82) is 0 Å². The van der Waals surface area contributed by atoms with E-state index in [1.54, 1.807) is 0 Å². The van der Waals surface area contributed by atoms with Gasteiger partial charge in [-0.05, 0) is 111 Å². The fourth-order valence-electron chi connectivity index (χ4n) is 8.34. The average molecular weight is 685 g/mol. The highest BCUT2D eigenvalue weighted by Gasteiger charge is 2.19. The quantitative estimate of drug-likeness (QED) is 0.153. The molecule has 0 unspecified atom stereocenters. The summed E-state index contributed by atoms with van der Waals surface area (Å²) in [7, 11) is 0. The van der Waals surface area contributed by atoms with E-state index >= 15 is 0 Å². The normalized spacial score (nSPS) is 11.3. The Morgan fingerprint density at radius 1 is 0.185 bits per heavy atom. The second kappa shape index (κ2) is 13.5. The minimum absolute atomic E-state index is 1.20. The average Bonchev–Trinajstić information content (AvgIpc) is 3.26. The van der Waals surface area contributed by atoms with Crippen molar-refractivity contribution in [2.45, 2.75) is 0 Å². The van der Waals surface area contributed by atoms with Gasteiger partial charge in [-0.2, -0.15) is 0 Å². The molecule has 0 fully saturated rings. The standard InChI is InChI=1S/C54H36/c1-4-15-37(16-5-1)39-27-29-40(30-28-39)46-34-33-41-31-32-45(36-51(41)53(46)44-22-14-21-43(35-44)38-17-6-2-7-18-38)54-49-25-12-10-23-47(49)52(42-19-8-3-9-20-42)48-24-11-13-26-50(48)54/h1-36H. The van der Waals surface area contributed by atoms with Crippen LogP contribution in [-0.4, -0.2) is 0 Å². The van der Waals surface area contributed by atoms with E-state index in [-0.39, 0.29) is 0 Å². The first kappa shape index (κ1) is 31.7. The summed E-state index contributed by atoms with van der Waals surface area (Å²) >= 11 is 0. The van der Waals surface area contributed by atoms with Crippen molar-refractivity contribution in [3.8, 4) is 66.8 Å². The lowest BCUT2D eigenvalue weighted by Crippen LogP contribution is -1.92. The van der Waals surface area contributed by atoms with E-state index in [2.05, 4.69) is 218 Å². The van der Waals surface area contributed by atoms with Gasteiger partial charge in [0, 0.05) is 0 Å². The van der Waals surface area contributed by atoms with E-state index in [4.69, 9.17) is 0 Å². The number of fused-ring (bicyclic) bond motifs is 3. The number of benzene rings is 10. The fraction of sp³-hybridized carbons (Fsp3) is 0. The van der Waals surface area contributed by atoms with Gasteiger partial charge in [0.05, 0.1) is 0 Å². The SMILES string of the molecule is c1ccc(-c2ccc(-c3ccc4ccc(-c5c6ccccc6c(-c6ccccc6)c6ccccc56)cc4c3-c3cccc(-c4ccccc4)c3)cc2)cc1. The van der Waals surface area contributed by atoms with Gasteiger partial charge in [-0.25, -0.2) is 0 Å². The number of hydrogen-bond acceptors (Lipinski definition) is 0. The van der Waals surface area contributed by atoms with E-state index in [0.717, 1.165) is 0 Å². The third kappa shape index (κ3) is 5.57. The van der Waals surface area contributed by atoms with Crippen LogP contribution in [-0.2, 0) is 0 Å². The monoisotopic (exact) mass is 684 g/mol. The minimum atomic E-state index is 1.20. The second-order valence-corrected chi connectivity index (χ2v) is 14.0. The Morgan fingerprint density at radius 3 is 1.17 bits per heavy atom. The van der Waals surface area contributed by atoms with Gasteiger partial charge in [-0.3, -0.25) is 0 Å². The Morgan fingerprint density at radius 2 is 0.574 bits per heavy atom. The molecule has 0 aliphatic carbocycles. The van der Waals surface area contributed by atoms with Gasteiger partial charge < -0.3 is 0 Å². The molecule has 0 aromatic heterocycles. The first-order valence-electron chi connectivity index (χ1n) is 18.7. The predicted octanol–water partition coefficient (Wildman–Crippen LogP) is 15.1. The molecule has 0 saturated heterocycles. The van der Waals surface area contributed by atoms with E-state index in [1.807, 2.05) is 0 Å². The zero-order chi connectivity index (χ0) is 35.8. The molecule has 0 amide bonds. The molecule has 10 aromatic carbocycles. The van der Waals surface area contributed by atoms with Crippen LogP contribution >= 0.6 is 0 Å². The summed E-state index contributed by atoms with van der Waals surface area (Å²) < 4.78 is 0. The van der Waals surface area contributed by atoms with Gasteiger partial charge in [0.25, 0.3) is 0 Å². The van der Waals surface area contributed by atoms with Gasteiger partial charge in [0.1, 0.15) is 0 Å². The molecular weight excluding hydrogens is 649 g/mol. The van der Waals surface area contributed by atoms with Crippen LogP contribution in [0.1, 0.15) is 0 Å².